The van der Waals surface area contributed by atoms with E-state index in [4.69, 9.17) is 12.3 Å². The van der Waals surface area contributed by atoms with Crippen molar-refractivity contribution in [3.05, 3.63) is 40.9 Å². The van der Waals surface area contributed by atoms with Gasteiger partial charge >= 0.3 is 0 Å². The highest BCUT2D eigenvalue weighted by molar-refractivity contribution is 7.85. The molecule has 0 aliphatic rings. The topological polar surface area (TPSA) is 105 Å². The van der Waals surface area contributed by atoms with Crippen molar-refractivity contribution in [2.24, 2.45) is 0 Å². The molecule has 0 bridgehead atoms. The highest BCUT2D eigenvalue weighted by atomic mass is 32.2. The summed E-state index contributed by atoms with van der Waals surface area (Å²) in [5.74, 6) is 0.112. The van der Waals surface area contributed by atoms with E-state index in [0.29, 0.717) is 16.9 Å². The number of nitrogens with two attached hydrogens (primary N) is 1. The van der Waals surface area contributed by atoms with Crippen LogP contribution in [0.15, 0.2) is 23.1 Å². The molecule has 8 heteroatoms. The first-order valence-electron chi connectivity index (χ1n) is 5.55. The third-order valence-corrected chi connectivity index (χ3v) is 3.70. The van der Waals surface area contributed by atoms with Gasteiger partial charge in [0.25, 0.3) is 0 Å². The Morgan fingerprint density at radius 2 is 2.05 bits per heavy atom. The summed E-state index contributed by atoms with van der Waals surface area (Å²) in [5.41, 5.74) is 7.52. The number of hydrogen-bond donors (Lipinski definition) is 1. The number of hydrogen-bond acceptors (Lipinski definition) is 5. The summed E-state index contributed by atoms with van der Waals surface area (Å²) in [6, 6.07) is 3.92. The van der Waals surface area contributed by atoms with Gasteiger partial charge < -0.3 is 10.3 Å². The van der Waals surface area contributed by atoms with Crippen LogP contribution in [-0.4, -0.2) is 22.8 Å². The number of aryl methyl sites for hydroxylation is 2. The number of nitrogens with zero attached hydrogens (tertiary/aromatic N) is 3. The van der Waals surface area contributed by atoms with Crippen molar-refractivity contribution in [3.63, 3.8) is 0 Å². The molecule has 0 fully saturated rings. The number of anilines is 1. The van der Waals surface area contributed by atoms with Gasteiger partial charge in [-0.2, -0.15) is 5.10 Å². The molecule has 1 aromatic heterocycles. The number of benzene rings is 1. The van der Waals surface area contributed by atoms with Gasteiger partial charge in [-0.1, -0.05) is 6.07 Å². The second-order valence-electron chi connectivity index (χ2n) is 4.25. The maximum Gasteiger partial charge on any atom is 0.250 e. The van der Waals surface area contributed by atoms with Crippen LogP contribution in [0.5, 0.6) is 0 Å². The molecule has 7 nitrogen and oxygen atoms in total. The van der Waals surface area contributed by atoms with Gasteiger partial charge in [0.05, 0.1) is 22.8 Å². The second kappa shape index (κ2) is 4.63. The maximum atomic E-state index is 11.1. The molecule has 0 radical (unpaired) electrons. The SMILES string of the molecule is [C-]#[N+]c1c(C)nn(-c2cc(S(=O)(=O)[O-])ccc2C)c1N. The van der Waals surface area contributed by atoms with E-state index in [0.717, 1.165) is 0 Å². The number of rotatable bonds is 2. The zero-order valence-electron chi connectivity index (χ0n) is 10.8. The number of nitrogen functional groups attached to an aromatic ring is 1. The van der Waals surface area contributed by atoms with E-state index in [-0.39, 0.29) is 16.4 Å². The Morgan fingerprint density at radius 1 is 1.40 bits per heavy atom. The van der Waals surface area contributed by atoms with E-state index in [2.05, 4.69) is 9.94 Å². The number of aromatic nitrogens is 2. The van der Waals surface area contributed by atoms with Crippen molar-refractivity contribution in [3.8, 4) is 5.69 Å². The maximum absolute atomic E-state index is 11.1. The van der Waals surface area contributed by atoms with E-state index in [9.17, 15) is 13.0 Å². The molecule has 0 amide bonds. The molecule has 2 N–H and O–H groups in total. The van der Waals surface area contributed by atoms with Gasteiger partial charge in [-0.25, -0.2) is 17.9 Å². The average molecular weight is 291 g/mol. The minimum atomic E-state index is -4.56. The fourth-order valence-electron chi connectivity index (χ4n) is 1.83. The lowest BCUT2D eigenvalue weighted by Gasteiger charge is -2.12. The lowest BCUT2D eigenvalue weighted by atomic mass is 10.2. The van der Waals surface area contributed by atoms with E-state index < -0.39 is 10.1 Å². The fourth-order valence-corrected chi connectivity index (χ4v) is 2.32. The summed E-state index contributed by atoms with van der Waals surface area (Å²) in [5, 5.41) is 4.12. The summed E-state index contributed by atoms with van der Waals surface area (Å²) in [6.07, 6.45) is 0. The Labute approximate surface area is 116 Å². The molecule has 0 aliphatic heterocycles. The van der Waals surface area contributed by atoms with Crippen molar-refractivity contribution < 1.29 is 13.0 Å². The molecular formula is C12H11N4O3S-. The average Bonchev–Trinajstić information content (AvgIpc) is 2.63. The molecule has 2 rings (SSSR count). The Hall–Kier alpha value is -2.37. The molecule has 0 unspecified atom stereocenters. The molecule has 0 atom stereocenters. The standard InChI is InChI=1S/C12H12N4O3S/c1-7-4-5-9(20(17,18)19)6-10(7)16-12(13)11(14-3)8(2)15-16/h4-6H,13H2,1-2H3,(H,17,18,19)/p-1. The molecule has 0 aliphatic carbocycles. The largest absolute Gasteiger partial charge is 0.744 e. The first-order valence-corrected chi connectivity index (χ1v) is 6.96. The lowest BCUT2D eigenvalue weighted by molar-refractivity contribution is 0.463. The van der Waals surface area contributed by atoms with Gasteiger partial charge in [0.1, 0.15) is 15.9 Å². The smallest absolute Gasteiger partial charge is 0.250 e. The third kappa shape index (κ3) is 2.24. The predicted octanol–water partition coefficient (Wildman–Crippen LogP) is 1.53. The minimum absolute atomic E-state index is 0.112. The summed E-state index contributed by atoms with van der Waals surface area (Å²) < 4.78 is 34.5. The highest BCUT2D eigenvalue weighted by Gasteiger charge is 2.16. The molecule has 2 aromatic rings. The Kier molecular flexibility index (Phi) is 3.25. The van der Waals surface area contributed by atoms with Crippen molar-refractivity contribution in [2.75, 3.05) is 5.73 Å². The first kappa shape index (κ1) is 14.0. The van der Waals surface area contributed by atoms with Crippen molar-refractivity contribution >= 4 is 21.6 Å². The van der Waals surface area contributed by atoms with Crippen LogP contribution < -0.4 is 5.73 Å². The summed E-state index contributed by atoms with van der Waals surface area (Å²) in [4.78, 5) is 2.91. The Balaban J connectivity index is 2.74. The first-order chi connectivity index (χ1) is 9.25. The Morgan fingerprint density at radius 3 is 2.55 bits per heavy atom. The van der Waals surface area contributed by atoms with E-state index >= 15 is 0 Å². The van der Waals surface area contributed by atoms with Crippen LogP contribution in [0.1, 0.15) is 11.3 Å². The summed E-state index contributed by atoms with van der Waals surface area (Å²) >= 11 is 0. The molecule has 1 heterocycles. The zero-order valence-corrected chi connectivity index (χ0v) is 11.6. The minimum Gasteiger partial charge on any atom is -0.744 e. The van der Waals surface area contributed by atoms with Crippen LogP contribution in [0.25, 0.3) is 10.5 Å². The second-order valence-corrected chi connectivity index (χ2v) is 5.62. The predicted molar refractivity (Wildman–Crippen MR) is 71.7 cm³/mol. The van der Waals surface area contributed by atoms with E-state index in [1.807, 2.05) is 0 Å². The Bertz CT molecular complexity index is 831. The molecular weight excluding hydrogens is 280 g/mol. The van der Waals surface area contributed by atoms with Crippen LogP contribution >= 0.6 is 0 Å². The monoisotopic (exact) mass is 291 g/mol. The van der Waals surface area contributed by atoms with E-state index in [1.54, 1.807) is 13.8 Å². The van der Waals surface area contributed by atoms with Gasteiger partial charge in [-0.3, -0.25) is 0 Å². The quantitative estimate of drug-likeness (QED) is 0.667. The van der Waals surface area contributed by atoms with Crippen LogP contribution in [-0.2, 0) is 10.1 Å². The van der Waals surface area contributed by atoms with Gasteiger partial charge in [0.15, 0.2) is 0 Å². The third-order valence-electron chi connectivity index (χ3n) is 2.87. The molecule has 1 aromatic carbocycles. The van der Waals surface area contributed by atoms with Gasteiger partial charge in [-0.05, 0) is 31.5 Å². The normalized spacial score (nSPS) is 11.3. The van der Waals surface area contributed by atoms with Crippen LogP contribution in [0.4, 0.5) is 11.5 Å². The molecule has 0 spiro atoms. The van der Waals surface area contributed by atoms with Crippen molar-refractivity contribution in [1.29, 1.82) is 0 Å². The molecule has 0 saturated carbocycles. The van der Waals surface area contributed by atoms with Crippen LogP contribution in [0.3, 0.4) is 0 Å². The highest BCUT2D eigenvalue weighted by Crippen LogP contribution is 2.30. The molecule has 0 saturated heterocycles. The van der Waals surface area contributed by atoms with Crippen molar-refractivity contribution in [2.45, 2.75) is 18.7 Å². The van der Waals surface area contributed by atoms with Gasteiger partial charge in [0.2, 0.25) is 5.69 Å². The lowest BCUT2D eigenvalue weighted by Crippen LogP contribution is -2.06. The van der Waals surface area contributed by atoms with Gasteiger partial charge in [-0.15, -0.1) is 0 Å². The van der Waals surface area contributed by atoms with Crippen molar-refractivity contribution in [1.82, 2.24) is 9.78 Å². The zero-order chi connectivity index (χ0) is 15.1. The fraction of sp³-hybridized carbons (Fsp3) is 0.167. The molecule has 104 valence electrons. The van der Waals surface area contributed by atoms with Gasteiger partial charge in [0, 0.05) is 0 Å². The summed E-state index contributed by atoms with van der Waals surface area (Å²) in [7, 11) is -4.56. The van der Waals surface area contributed by atoms with Crippen LogP contribution in [0.2, 0.25) is 0 Å². The van der Waals surface area contributed by atoms with E-state index in [1.165, 1.54) is 22.9 Å². The van der Waals surface area contributed by atoms with Crippen LogP contribution in [0, 0.1) is 20.4 Å². The summed E-state index contributed by atoms with van der Waals surface area (Å²) in [6.45, 7) is 10.4. The molecule has 20 heavy (non-hydrogen) atoms.